The van der Waals surface area contributed by atoms with E-state index in [1.807, 2.05) is 55.5 Å². The largest absolute Gasteiger partial charge is 0.486 e. The minimum atomic E-state index is -0.182. The van der Waals surface area contributed by atoms with Gasteiger partial charge in [0.1, 0.15) is 6.61 Å². The summed E-state index contributed by atoms with van der Waals surface area (Å²) in [6, 6.07) is 15.5. The van der Waals surface area contributed by atoms with Crippen molar-refractivity contribution in [2.45, 2.75) is 26.2 Å². The van der Waals surface area contributed by atoms with Crippen LogP contribution in [0.1, 0.15) is 18.1 Å². The molecule has 0 aliphatic carbocycles. The first-order valence-electron chi connectivity index (χ1n) is 9.17. The molecule has 2 amide bonds. The van der Waals surface area contributed by atoms with E-state index in [2.05, 4.69) is 5.32 Å². The normalized spacial score (nSPS) is 15.3. The van der Waals surface area contributed by atoms with Crippen LogP contribution in [-0.2, 0) is 17.9 Å². The highest BCUT2D eigenvalue weighted by atomic mass is 16.6. The SMILES string of the molecule is CCN(CC1COc2ccccc2O1)C(=O)NCc1ccc(COC)cc1. The molecule has 3 rings (SSSR count). The maximum atomic E-state index is 12.5. The van der Waals surface area contributed by atoms with Gasteiger partial charge in [0.2, 0.25) is 0 Å². The van der Waals surface area contributed by atoms with Crippen molar-refractivity contribution < 1.29 is 19.0 Å². The lowest BCUT2D eigenvalue weighted by atomic mass is 10.1. The van der Waals surface area contributed by atoms with Crippen LogP contribution in [0.25, 0.3) is 0 Å². The summed E-state index contributed by atoms with van der Waals surface area (Å²) in [4.78, 5) is 14.3. The number of methoxy groups -OCH3 is 1. The van der Waals surface area contributed by atoms with Gasteiger partial charge in [0, 0.05) is 20.2 Å². The Morgan fingerprint density at radius 2 is 1.85 bits per heavy atom. The lowest BCUT2D eigenvalue weighted by Crippen LogP contribution is -2.47. The third kappa shape index (κ3) is 5.14. The first-order chi connectivity index (χ1) is 13.2. The molecule has 2 aromatic rings. The summed E-state index contributed by atoms with van der Waals surface area (Å²) in [5, 5.41) is 2.97. The van der Waals surface area contributed by atoms with Crippen LogP contribution in [-0.4, -0.2) is 43.8 Å². The van der Waals surface area contributed by atoms with Crippen LogP contribution < -0.4 is 14.8 Å². The van der Waals surface area contributed by atoms with Gasteiger partial charge in [-0.05, 0) is 30.2 Å². The van der Waals surface area contributed by atoms with Gasteiger partial charge in [-0.15, -0.1) is 0 Å². The summed E-state index contributed by atoms with van der Waals surface area (Å²) in [6.07, 6.45) is -0.182. The van der Waals surface area contributed by atoms with Crippen LogP contribution in [0.2, 0.25) is 0 Å². The Hall–Kier alpha value is -2.73. The van der Waals surface area contributed by atoms with E-state index < -0.39 is 0 Å². The Bertz CT molecular complexity index is 748. The van der Waals surface area contributed by atoms with Crippen molar-refractivity contribution in [1.82, 2.24) is 10.2 Å². The molecule has 1 atom stereocenters. The second kappa shape index (κ2) is 9.28. The molecule has 0 aromatic heterocycles. The molecule has 0 fully saturated rings. The van der Waals surface area contributed by atoms with Crippen molar-refractivity contribution in [3.63, 3.8) is 0 Å². The third-order valence-electron chi connectivity index (χ3n) is 4.44. The zero-order chi connectivity index (χ0) is 19.1. The van der Waals surface area contributed by atoms with Gasteiger partial charge in [-0.25, -0.2) is 4.79 Å². The lowest BCUT2D eigenvalue weighted by Gasteiger charge is -2.31. The van der Waals surface area contributed by atoms with E-state index in [9.17, 15) is 4.79 Å². The van der Waals surface area contributed by atoms with Crippen molar-refractivity contribution in [2.24, 2.45) is 0 Å². The minimum Gasteiger partial charge on any atom is -0.486 e. The molecule has 27 heavy (non-hydrogen) atoms. The molecule has 0 saturated carbocycles. The van der Waals surface area contributed by atoms with Crippen molar-refractivity contribution in [3.8, 4) is 11.5 Å². The molecule has 2 aromatic carbocycles. The summed E-state index contributed by atoms with van der Waals surface area (Å²) in [7, 11) is 1.67. The van der Waals surface area contributed by atoms with Gasteiger partial charge in [-0.2, -0.15) is 0 Å². The fourth-order valence-electron chi connectivity index (χ4n) is 2.96. The molecule has 6 nitrogen and oxygen atoms in total. The Morgan fingerprint density at radius 3 is 2.56 bits per heavy atom. The zero-order valence-corrected chi connectivity index (χ0v) is 15.8. The summed E-state index contributed by atoms with van der Waals surface area (Å²) in [5.74, 6) is 1.47. The first kappa shape index (κ1) is 19.0. The van der Waals surface area contributed by atoms with Gasteiger partial charge in [0.05, 0.1) is 13.2 Å². The number of hydrogen-bond donors (Lipinski definition) is 1. The molecule has 0 spiro atoms. The van der Waals surface area contributed by atoms with E-state index in [1.165, 1.54) is 0 Å². The maximum Gasteiger partial charge on any atom is 0.317 e. The number of benzene rings is 2. The smallest absolute Gasteiger partial charge is 0.317 e. The van der Waals surface area contributed by atoms with Gasteiger partial charge in [0.15, 0.2) is 17.6 Å². The van der Waals surface area contributed by atoms with Crippen molar-refractivity contribution >= 4 is 6.03 Å². The third-order valence-corrected chi connectivity index (χ3v) is 4.44. The van der Waals surface area contributed by atoms with E-state index in [-0.39, 0.29) is 12.1 Å². The van der Waals surface area contributed by atoms with Crippen LogP contribution in [0, 0.1) is 0 Å². The number of amides is 2. The Morgan fingerprint density at radius 1 is 1.15 bits per heavy atom. The number of rotatable bonds is 7. The first-order valence-corrected chi connectivity index (χ1v) is 9.17. The maximum absolute atomic E-state index is 12.5. The standard InChI is InChI=1S/C21H26N2O4/c1-3-23(13-18-15-26-19-6-4-5-7-20(19)27-18)21(24)22-12-16-8-10-17(11-9-16)14-25-2/h4-11,18H,3,12-15H2,1-2H3,(H,22,24). The monoisotopic (exact) mass is 370 g/mol. The van der Waals surface area contributed by atoms with Crippen molar-refractivity contribution in [3.05, 3.63) is 59.7 Å². The van der Waals surface area contributed by atoms with Crippen LogP contribution >= 0.6 is 0 Å². The number of carbonyl (C=O) groups is 1. The molecule has 0 saturated heterocycles. The summed E-state index contributed by atoms with van der Waals surface area (Å²) in [5.41, 5.74) is 2.16. The second-order valence-electron chi connectivity index (χ2n) is 6.44. The molecule has 1 N–H and O–H groups in total. The topological polar surface area (TPSA) is 60.0 Å². The quantitative estimate of drug-likeness (QED) is 0.813. The molecule has 1 aliphatic rings. The van der Waals surface area contributed by atoms with Gasteiger partial charge in [0.25, 0.3) is 0 Å². The van der Waals surface area contributed by atoms with Crippen LogP contribution in [0.4, 0.5) is 4.79 Å². The zero-order valence-electron chi connectivity index (χ0n) is 15.8. The molecular formula is C21H26N2O4. The van der Waals surface area contributed by atoms with E-state index in [1.54, 1.807) is 12.0 Å². The Balaban J connectivity index is 1.50. The highest BCUT2D eigenvalue weighted by Gasteiger charge is 2.24. The van der Waals surface area contributed by atoms with Crippen LogP contribution in [0.3, 0.4) is 0 Å². The number of para-hydroxylation sites is 2. The number of nitrogens with one attached hydrogen (secondary N) is 1. The van der Waals surface area contributed by atoms with Crippen LogP contribution in [0.15, 0.2) is 48.5 Å². The number of ether oxygens (including phenoxy) is 3. The van der Waals surface area contributed by atoms with Gasteiger partial charge >= 0.3 is 6.03 Å². The van der Waals surface area contributed by atoms with Crippen LogP contribution in [0.5, 0.6) is 11.5 Å². The fraction of sp³-hybridized carbons (Fsp3) is 0.381. The highest BCUT2D eigenvalue weighted by Crippen LogP contribution is 2.31. The molecule has 0 radical (unpaired) electrons. The highest BCUT2D eigenvalue weighted by molar-refractivity contribution is 5.74. The number of hydrogen-bond acceptors (Lipinski definition) is 4. The van der Waals surface area contributed by atoms with E-state index in [4.69, 9.17) is 14.2 Å². The lowest BCUT2D eigenvalue weighted by molar-refractivity contribution is 0.0675. The van der Waals surface area contributed by atoms with E-state index in [0.29, 0.717) is 32.8 Å². The van der Waals surface area contributed by atoms with Gasteiger partial charge in [-0.1, -0.05) is 36.4 Å². The number of likely N-dealkylation sites (N-methyl/N-ethyl adjacent to an activating group) is 1. The molecule has 144 valence electrons. The number of carbonyl (C=O) groups excluding carboxylic acids is 1. The summed E-state index contributed by atoms with van der Waals surface area (Å²) >= 11 is 0. The number of nitrogens with zero attached hydrogens (tertiary/aromatic N) is 1. The Kier molecular flexibility index (Phi) is 6.54. The molecule has 6 heteroatoms. The van der Waals surface area contributed by atoms with Gasteiger partial charge in [-0.3, -0.25) is 0 Å². The van der Waals surface area contributed by atoms with Crippen molar-refractivity contribution in [1.29, 1.82) is 0 Å². The molecular weight excluding hydrogens is 344 g/mol. The van der Waals surface area contributed by atoms with E-state index >= 15 is 0 Å². The molecule has 1 aliphatic heterocycles. The average molecular weight is 370 g/mol. The Labute approximate surface area is 160 Å². The molecule has 1 unspecified atom stereocenters. The fourth-order valence-corrected chi connectivity index (χ4v) is 2.96. The number of fused-ring (bicyclic) bond motifs is 1. The predicted octanol–water partition coefficient (Wildman–Crippen LogP) is 3.20. The molecule has 0 bridgehead atoms. The second-order valence-corrected chi connectivity index (χ2v) is 6.44. The number of urea groups is 1. The van der Waals surface area contributed by atoms with E-state index in [0.717, 1.165) is 22.6 Å². The minimum absolute atomic E-state index is 0.110. The van der Waals surface area contributed by atoms with Crippen molar-refractivity contribution in [2.75, 3.05) is 26.8 Å². The summed E-state index contributed by atoms with van der Waals surface area (Å²) in [6.45, 7) is 4.53. The predicted molar refractivity (Wildman–Crippen MR) is 103 cm³/mol. The van der Waals surface area contributed by atoms with Gasteiger partial charge < -0.3 is 24.4 Å². The average Bonchev–Trinajstić information content (AvgIpc) is 2.71. The molecule has 1 heterocycles. The summed E-state index contributed by atoms with van der Waals surface area (Å²) < 4.78 is 16.8.